The van der Waals surface area contributed by atoms with Crippen molar-refractivity contribution in [1.82, 2.24) is 15.1 Å². The van der Waals surface area contributed by atoms with E-state index in [4.69, 9.17) is 0 Å². The predicted molar refractivity (Wildman–Crippen MR) is 109 cm³/mol. The zero-order valence-corrected chi connectivity index (χ0v) is 15.1. The van der Waals surface area contributed by atoms with E-state index in [0.29, 0.717) is 5.92 Å². The lowest BCUT2D eigenvalue weighted by atomic mass is 9.91. The van der Waals surface area contributed by atoms with Crippen LogP contribution in [0.25, 0.3) is 32.8 Å². The summed E-state index contributed by atoms with van der Waals surface area (Å²) in [6.45, 7) is 2.32. The summed E-state index contributed by atoms with van der Waals surface area (Å²) < 4.78 is 0. The second kappa shape index (κ2) is 6.26. The van der Waals surface area contributed by atoms with Crippen molar-refractivity contribution >= 4 is 21.7 Å². The van der Waals surface area contributed by atoms with Gasteiger partial charge in [-0.05, 0) is 73.1 Å². The molecule has 0 saturated carbocycles. The summed E-state index contributed by atoms with van der Waals surface area (Å²) in [5.41, 5.74) is 4.92. The van der Waals surface area contributed by atoms with Crippen molar-refractivity contribution in [1.29, 1.82) is 0 Å². The minimum Gasteiger partial charge on any atom is -0.306 e. The second-order valence-electron chi connectivity index (χ2n) is 7.51. The van der Waals surface area contributed by atoms with E-state index in [1.165, 1.54) is 45.8 Å². The Bertz CT molecular complexity index is 1070. The van der Waals surface area contributed by atoms with Crippen molar-refractivity contribution in [3.63, 3.8) is 0 Å². The molecule has 5 rings (SSSR count). The second-order valence-corrected chi connectivity index (χ2v) is 7.51. The zero-order valence-electron chi connectivity index (χ0n) is 15.1. The van der Waals surface area contributed by atoms with Crippen molar-refractivity contribution < 1.29 is 0 Å². The third-order valence-electron chi connectivity index (χ3n) is 5.79. The van der Waals surface area contributed by atoms with Crippen LogP contribution in [0, 0.1) is 0 Å². The van der Waals surface area contributed by atoms with Gasteiger partial charge in [-0.25, -0.2) is 0 Å². The summed E-state index contributed by atoms with van der Waals surface area (Å²) in [5.74, 6) is 0.586. The normalized spacial score (nSPS) is 16.5. The Labute approximate surface area is 153 Å². The van der Waals surface area contributed by atoms with Gasteiger partial charge in [-0.15, -0.1) is 0 Å². The molecule has 0 atom stereocenters. The lowest BCUT2D eigenvalue weighted by Crippen LogP contribution is -2.29. The highest BCUT2D eigenvalue weighted by Gasteiger charge is 2.22. The average molecular weight is 341 g/mol. The lowest BCUT2D eigenvalue weighted by Gasteiger charge is -2.28. The topological polar surface area (TPSA) is 31.9 Å². The molecule has 3 heteroatoms. The molecule has 0 spiro atoms. The zero-order chi connectivity index (χ0) is 17.5. The third kappa shape index (κ3) is 2.69. The molecule has 0 unspecified atom stereocenters. The number of likely N-dealkylation sites (tertiary alicyclic amines) is 1. The van der Waals surface area contributed by atoms with Gasteiger partial charge in [0.1, 0.15) is 0 Å². The fourth-order valence-corrected chi connectivity index (χ4v) is 4.19. The summed E-state index contributed by atoms with van der Waals surface area (Å²) >= 11 is 0. The van der Waals surface area contributed by atoms with E-state index in [9.17, 15) is 0 Å². The van der Waals surface area contributed by atoms with Crippen molar-refractivity contribution in [2.45, 2.75) is 18.8 Å². The van der Waals surface area contributed by atoms with E-state index in [1.54, 1.807) is 0 Å². The van der Waals surface area contributed by atoms with E-state index in [-0.39, 0.29) is 0 Å². The maximum Gasteiger partial charge on any atom is 0.0924 e. The molecule has 1 saturated heterocycles. The number of piperidine rings is 1. The molecule has 3 aromatic carbocycles. The summed E-state index contributed by atoms with van der Waals surface area (Å²) in [6.07, 6.45) is 2.40. The number of aromatic nitrogens is 2. The highest BCUT2D eigenvalue weighted by molar-refractivity contribution is 5.91. The van der Waals surface area contributed by atoms with Crippen LogP contribution in [0.1, 0.15) is 24.5 Å². The van der Waals surface area contributed by atoms with Crippen LogP contribution < -0.4 is 0 Å². The van der Waals surface area contributed by atoms with Gasteiger partial charge in [0, 0.05) is 17.0 Å². The molecule has 1 N–H and O–H groups in total. The van der Waals surface area contributed by atoms with E-state index >= 15 is 0 Å². The van der Waals surface area contributed by atoms with E-state index in [1.807, 2.05) is 0 Å². The molecule has 1 fully saturated rings. The van der Waals surface area contributed by atoms with E-state index in [0.717, 1.165) is 18.6 Å². The number of hydrogen-bond donors (Lipinski definition) is 1. The molecule has 0 amide bonds. The summed E-state index contributed by atoms with van der Waals surface area (Å²) in [5, 5.41) is 11.7. The fourth-order valence-electron chi connectivity index (χ4n) is 4.19. The molecule has 1 aliphatic rings. The van der Waals surface area contributed by atoms with Gasteiger partial charge in [0.25, 0.3) is 0 Å². The molecule has 0 bridgehead atoms. The van der Waals surface area contributed by atoms with Crippen molar-refractivity contribution in [2.24, 2.45) is 0 Å². The molecule has 1 aromatic heterocycles. The van der Waals surface area contributed by atoms with Crippen LogP contribution in [0.2, 0.25) is 0 Å². The van der Waals surface area contributed by atoms with Gasteiger partial charge < -0.3 is 4.90 Å². The number of benzene rings is 3. The Morgan fingerprint density at radius 3 is 2.46 bits per heavy atom. The molecule has 3 nitrogen and oxygen atoms in total. The lowest BCUT2D eigenvalue weighted by molar-refractivity contribution is 0.254. The first kappa shape index (κ1) is 15.6. The average Bonchev–Trinajstić information content (AvgIpc) is 3.11. The van der Waals surface area contributed by atoms with Gasteiger partial charge >= 0.3 is 0 Å². The fraction of sp³-hybridized carbons (Fsp3) is 0.261. The first-order valence-electron chi connectivity index (χ1n) is 9.44. The Balaban J connectivity index is 1.57. The number of fused-ring (bicyclic) bond motifs is 2. The smallest absolute Gasteiger partial charge is 0.0924 e. The van der Waals surface area contributed by atoms with E-state index in [2.05, 4.69) is 82.8 Å². The summed E-state index contributed by atoms with van der Waals surface area (Å²) in [7, 11) is 2.21. The molecule has 0 radical (unpaired) electrons. The molecular weight excluding hydrogens is 318 g/mol. The predicted octanol–water partition coefficient (Wildman–Crippen LogP) is 5.19. The summed E-state index contributed by atoms with van der Waals surface area (Å²) in [4.78, 5) is 2.41. The Kier molecular flexibility index (Phi) is 3.75. The van der Waals surface area contributed by atoms with Crippen LogP contribution in [-0.2, 0) is 0 Å². The minimum atomic E-state index is 0.586. The van der Waals surface area contributed by atoms with Crippen molar-refractivity contribution in [3.8, 4) is 11.1 Å². The number of aromatic amines is 1. The van der Waals surface area contributed by atoms with Gasteiger partial charge in [-0.2, -0.15) is 5.10 Å². The minimum absolute atomic E-state index is 0.586. The van der Waals surface area contributed by atoms with Crippen molar-refractivity contribution in [3.05, 3.63) is 66.4 Å². The van der Waals surface area contributed by atoms with Gasteiger partial charge in [0.2, 0.25) is 0 Å². The van der Waals surface area contributed by atoms with Gasteiger partial charge in [-0.3, -0.25) is 5.10 Å². The number of nitrogens with zero attached hydrogens (tertiary/aromatic N) is 2. The highest BCUT2D eigenvalue weighted by Crippen LogP contribution is 2.34. The molecule has 130 valence electrons. The number of H-pyrrole nitrogens is 1. The SMILES string of the molecule is CN1CCC(c2[nH]nc3ccc(-c4ccc5ccccc5c4)cc23)CC1. The van der Waals surface area contributed by atoms with Gasteiger partial charge in [0.05, 0.1) is 5.52 Å². The molecule has 4 aromatic rings. The molecule has 0 aliphatic carbocycles. The molecule has 1 aliphatic heterocycles. The van der Waals surface area contributed by atoms with Crippen LogP contribution in [0.4, 0.5) is 0 Å². The van der Waals surface area contributed by atoms with Crippen LogP contribution in [0.15, 0.2) is 60.7 Å². The van der Waals surface area contributed by atoms with Gasteiger partial charge in [-0.1, -0.05) is 42.5 Å². The Morgan fingerprint density at radius 2 is 1.62 bits per heavy atom. The largest absolute Gasteiger partial charge is 0.306 e. The Morgan fingerprint density at radius 1 is 0.885 bits per heavy atom. The van der Waals surface area contributed by atoms with Crippen molar-refractivity contribution in [2.75, 3.05) is 20.1 Å². The maximum atomic E-state index is 4.56. The van der Waals surface area contributed by atoms with E-state index < -0.39 is 0 Å². The molecule has 2 heterocycles. The number of rotatable bonds is 2. The quantitative estimate of drug-likeness (QED) is 0.544. The standard InChI is InChI=1S/C23H23N3/c1-26-12-10-17(11-13-26)23-21-15-20(8-9-22(21)24-25-23)19-7-6-16-4-2-3-5-18(16)14-19/h2-9,14-15,17H,10-13H2,1H3,(H,24,25). The molecular formula is C23H23N3. The first-order chi connectivity index (χ1) is 12.8. The number of nitrogens with one attached hydrogen (secondary N) is 1. The third-order valence-corrected chi connectivity index (χ3v) is 5.79. The number of hydrogen-bond acceptors (Lipinski definition) is 2. The monoisotopic (exact) mass is 341 g/mol. The van der Waals surface area contributed by atoms with Crippen LogP contribution in [0.5, 0.6) is 0 Å². The summed E-state index contributed by atoms with van der Waals surface area (Å²) in [6, 6.07) is 21.9. The maximum absolute atomic E-state index is 4.56. The highest BCUT2D eigenvalue weighted by atomic mass is 15.1. The van der Waals surface area contributed by atoms with Crippen LogP contribution in [0.3, 0.4) is 0 Å². The first-order valence-corrected chi connectivity index (χ1v) is 9.44. The molecule has 26 heavy (non-hydrogen) atoms. The Hall–Kier alpha value is -2.65. The van der Waals surface area contributed by atoms with Crippen LogP contribution in [-0.4, -0.2) is 35.2 Å². The van der Waals surface area contributed by atoms with Gasteiger partial charge in [0.15, 0.2) is 0 Å². The van der Waals surface area contributed by atoms with Crippen LogP contribution >= 0.6 is 0 Å².